The molecule has 1 atom stereocenters. The fraction of sp³-hybridized carbons (Fsp3) is 0.364. The summed E-state index contributed by atoms with van der Waals surface area (Å²) in [5, 5.41) is 8.48. The molecule has 1 aromatic rings. The predicted octanol–water partition coefficient (Wildman–Crippen LogP) is 2.24. The fourth-order valence-corrected chi connectivity index (χ4v) is 1.85. The van der Waals surface area contributed by atoms with Gasteiger partial charge in [-0.25, -0.2) is 0 Å². The Morgan fingerprint density at radius 2 is 2.33 bits per heavy atom. The first kappa shape index (κ1) is 12.0. The van der Waals surface area contributed by atoms with E-state index in [1.807, 2.05) is 31.2 Å². The molecule has 2 N–H and O–H groups in total. The summed E-state index contributed by atoms with van der Waals surface area (Å²) in [6.07, 6.45) is 0.736. The molecular formula is C11H13BrN2O. The lowest BCUT2D eigenvalue weighted by atomic mass is 10.1. The van der Waals surface area contributed by atoms with Gasteiger partial charge in [-0.15, -0.1) is 0 Å². The minimum atomic E-state index is 0.0502. The van der Waals surface area contributed by atoms with E-state index < -0.39 is 0 Å². The Labute approximate surface area is 98.0 Å². The van der Waals surface area contributed by atoms with Crippen molar-refractivity contribution in [1.82, 2.24) is 0 Å². The van der Waals surface area contributed by atoms with Crippen LogP contribution >= 0.6 is 15.9 Å². The molecule has 1 unspecified atom stereocenters. The van der Waals surface area contributed by atoms with Gasteiger partial charge in [-0.2, -0.15) is 5.26 Å². The van der Waals surface area contributed by atoms with E-state index in [-0.39, 0.29) is 12.6 Å². The predicted molar refractivity (Wildman–Crippen MR) is 62.6 cm³/mol. The molecule has 1 aromatic carbocycles. The third-order valence-electron chi connectivity index (χ3n) is 1.87. The van der Waals surface area contributed by atoms with E-state index in [1.54, 1.807) is 0 Å². The number of ether oxygens (including phenoxy) is 1. The van der Waals surface area contributed by atoms with Gasteiger partial charge in [0.05, 0.1) is 4.47 Å². The Balaban J connectivity index is 2.93. The Morgan fingerprint density at radius 3 is 2.93 bits per heavy atom. The highest BCUT2D eigenvalue weighted by Gasteiger charge is 2.09. The molecule has 0 aromatic heterocycles. The van der Waals surface area contributed by atoms with Crippen LogP contribution in [0, 0.1) is 11.3 Å². The van der Waals surface area contributed by atoms with E-state index in [1.165, 1.54) is 0 Å². The zero-order valence-electron chi connectivity index (χ0n) is 8.53. The van der Waals surface area contributed by atoms with E-state index in [0.29, 0.717) is 0 Å². The van der Waals surface area contributed by atoms with Gasteiger partial charge in [0, 0.05) is 6.04 Å². The molecule has 80 valence electrons. The Hall–Kier alpha value is -1.05. The fourth-order valence-electron chi connectivity index (χ4n) is 1.33. The zero-order valence-corrected chi connectivity index (χ0v) is 10.1. The topological polar surface area (TPSA) is 59.0 Å². The van der Waals surface area contributed by atoms with Crippen molar-refractivity contribution in [2.75, 3.05) is 6.61 Å². The van der Waals surface area contributed by atoms with Crippen LogP contribution in [-0.4, -0.2) is 12.6 Å². The smallest absolute Gasteiger partial charge is 0.174 e. The molecule has 0 spiro atoms. The van der Waals surface area contributed by atoms with Crippen molar-refractivity contribution in [3.05, 3.63) is 28.2 Å². The first-order valence-electron chi connectivity index (χ1n) is 4.68. The first-order valence-corrected chi connectivity index (χ1v) is 5.47. The Kier molecular flexibility index (Phi) is 4.60. The number of hydrogen-bond donors (Lipinski definition) is 1. The number of nitriles is 1. The van der Waals surface area contributed by atoms with E-state index in [4.69, 9.17) is 15.7 Å². The van der Waals surface area contributed by atoms with E-state index in [0.717, 1.165) is 22.2 Å². The molecule has 0 aliphatic carbocycles. The minimum absolute atomic E-state index is 0.0502. The second-order valence-electron chi connectivity index (χ2n) is 3.36. The van der Waals surface area contributed by atoms with Crippen LogP contribution in [0.25, 0.3) is 0 Å². The second-order valence-corrected chi connectivity index (χ2v) is 4.21. The summed E-state index contributed by atoms with van der Waals surface area (Å²) in [5.41, 5.74) is 6.76. The molecule has 15 heavy (non-hydrogen) atoms. The zero-order chi connectivity index (χ0) is 11.3. The van der Waals surface area contributed by atoms with Crippen LogP contribution in [0.2, 0.25) is 0 Å². The number of para-hydroxylation sites is 1. The first-order chi connectivity index (χ1) is 7.15. The number of rotatable bonds is 4. The third kappa shape index (κ3) is 3.54. The van der Waals surface area contributed by atoms with Crippen molar-refractivity contribution in [2.45, 2.75) is 19.4 Å². The van der Waals surface area contributed by atoms with Crippen LogP contribution in [0.1, 0.15) is 12.5 Å². The lowest BCUT2D eigenvalue weighted by molar-refractivity contribution is 0.360. The van der Waals surface area contributed by atoms with Crippen molar-refractivity contribution < 1.29 is 4.74 Å². The molecule has 0 bridgehead atoms. The Morgan fingerprint density at radius 1 is 1.60 bits per heavy atom. The van der Waals surface area contributed by atoms with Gasteiger partial charge in [0.2, 0.25) is 0 Å². The maximum atomic E-state index is 8.48. The lowest BCUT2D eigenvalue weighted by Crippen LogP contribution is -2.18. The Bertz CT molecular complexity index is 371. The maximum Gasteiger partial charge on any atom is 0.174 e. The molecule has 0 fully saturated rings. The van der Waals surface area contributed by atoms with Gasteiger partial charge in [0.1, 0.15) is 11.8 Å². The van der Waals surface area contributed by atoms with Crippen LogP contribution < -0.4 is 10.5 Å². The summed E-state index contributed by atoms with van der Waals surface area (Å²) in [6, 6.07) is 7.80. The number of benzene rings is 1. The molecule has 3 nitrogen and oxygen atoms in total. The molecule has 1 rings (SSSR count). The van der Waals surface area contributed by atoms with Crippen LogP contribution in [0.3, 0.4) is 0 Å². The van der Waals surface area contributed by atoms with Crippen LogP contribution in [-0.2, 0) is 6.42 Å². The molecule has 0 amide bonds. The molecule has 0 aliphatic rings. The number of halogens is 1. The van der Waals surface area contributed by atoms with Crippen molar-refractivity contribution in [3.8, 4) is 11.8 Å². The monoisotopic (exact) mass is 268 g/mol. The van der Waals surface area contributed by atoms with Crippen LogP contribution in [0.15, 0.2) is 22.7 Å². The minimum Gasteiger partial charge on any atom is -0.477 e. The van der Waals surface area contributed by atoms with Crippen LogP contribution in [0.5, 0.6) is 5.75 Å². The highest BCUT2D eigenvalue weighted by atomic mass is 79.9. The molecule has 0 radical (unpaired) electrons. The van der Waals surface area contributed by atoms with Crippen molar-refractivity contribution in [2.24, 2.45) is 5.73 Å². The second kappa shape index (κ2) is 5.74. The van der Waals surface area contributed by atoms with Gasteiger partial charge in [0.15, 0.2) is 6.61 Å². The average molecular weight is 269 g/mol. The number of hydrogen-bond acceptors (Lipinski definition) is 3. The third-order valence-corrected chi connectivity index (χ3v) is 2.50. The SMILES string of the molecule is CC(N)Cc1cccc(Br)c1OCC#N. The molecular weight excluding hydrogens is 256 g/mol. The number of nitrogens with zero attached hydrogens (tertiary/aromatic N) is 1. The van der Waals surface area contributed by atoms with Gasteiger partial charge in [0.25, 0.3) is 0 Å². The van der Waals surface area contributed by atoms with Gasteiger partial charge in [-0.05, 0) is 40.9 Å². The quantitative estimate of drug-likeness (QED) is 0.911. The molecule has 0 aliphatic heterocycles. The van der Waals surface area contributed by atoms with Gasteiger partial charge >= 0.3 is 0 Å². The van der Waals surface area contributed by atoms with Gasteiger partial charge in [-0.1, -0.05) is 12.1 Å². The summed E-state index contributed by atoms with van der Waals surface area (Å²) in [4.78, 5) is 0. The highest BCUT2D eigenvalue weighted by molar-refractivity contribution is 9.10. The van der Waals surface area contributed by atoms with E-state index >= 15 is 0 Å². The van der Waals surface area contributed by atoms with Crippen molar-refractivity contribution in [3.63, 3.8) is 0 Å². The molecule has 0 saturated heterocycles. The normalized spacial score (nSPS) is 11.9. The summed E-state index contributed by atoms with van der Waals surface area (Å²) < 4.78 is 6.21. The van der Waals surface area contributed by atoms with E-state index in [2.05, 4.69) is 15.9 Å². The van der Waals surface area contributed by atoms with Crippen molar-refractivity contribution in [1.29, 1.82) is 5.26 Å². The average Bonchev–Trinajstić information content (AvgIpc) is 2.16. The summed E-state index contributed by atoms with van der Waals surface area (Å²) in [5.74, 6) is 0.719. The van der Waals surface area contributed by atoms with E-state index in [9.17, 15) is 0 Å². The highest BCUT2D eigenvalue weighted by Crippen LogP contribution is 2.29. The summed E-state index contributed by atoms with van der Waals surface area (Å²) in [7, 11) is 0. The number of nitrogens with two attached hydrogens (primary N) is 1. The summed E-state index contributed by atoms with van der Waals surface area (Å²) >= 11 is 3.39. The lowest BCUT2D eigenvalue weighted by Gasteiger charge is -2.12. The molecule has 0 saturated carbocycles. The van der Waals surface area contributed by atoms with Gasteiger partial charge in [-0.3, -0.25) is 0 Å². The molecule has 4 heteroatoms. The standard InChI is InChI=1S/C11H13BrN2O/c1-8(14)7-9-3-2-4-10(12)11(9)15-6-5-13/h2-4,8H,6-7,14H2,1H3. The maximum absolute atomic E-state index is 8.48. The largest absolute Gasteiger partial charge is 0.477 e. The molecule has 0 heterocycles. The summed E-state index contributed by atoms with van der Waals surface area (Å²) in [6.45, 7) is 1.99. The van der Waals surface area contributed by atoms with Crippen molar-refractivity contribution >= 4 is 15.9 Å². The van der Waals surface area contributed by atoms with Gasteiger partial charge < -0.3 is 10.5 Å². The van der Waals surface area contributed by atoms with Crippen LogP contribution in [0.4, 0.5) is 0 Å².